The van der Waals surface area contributed by atoms with E-state index < -0.39 is 23.3 Å². The van der Waals surface area contributed by atoms with Crippen molar-refractivity contribution in [3.8, 4) is 11.5 Å². The lowest BCUT2D eigenvalue weighted by Gasteiger charge is -2.43. The van der Waals surface area contributed by atoms with Gasteiger partial charge in [0, 0.05) is 17.9 Å². The first-order chi connectivity index (χ1) is 11.2. The van der Waals surface area contributed by atoms with E-state index in [2.05, 4.69) is 0 Å². The van der Waals surface area contributed by atoms with Crippen molar-refractivity contribution in [2.75, 3.05) is 7.11 Å². The molecule has 0 spiro atoms. The van der Waals surface area contributed by atoms with E-state index in [0.29, 0.717) is 37.2 Å². The van der Waals surface area contributed by atoms with Crippen LogP contribution in [-0.2, 0) is 6.42 Å². The van der Waals surface area contributed by atoms with Gasteiger partial charge in [-0.15, -0.1) is 0 Å². The van der Waals surface area contributed by atoms with Crippen LogP contribution in [-0.4, -0.2) is 45.7 Å². The van der Waals surface area contributed by atoms with Crippen molar-refractivity contribution in [1.82, 2.24) is 0 Å². The van der Waals surface area contributed by atoms with Crippen LogP contribution in [0.4, 0.5) is 0 Å². The summed E-state index contributed by atoms with van der Waals surface area (Å²) in [5, 5.41) is 29.8. The van der Waals surface area contributed by atoms with E-state index in [1.807, 2.05) is 6.92 Å². The van der Waals surface area contributed by atoms with Gasteiger partial charge in [-0.3, -0.25) is 0 Å². The van der Waals surface area contributed by atoms with E-state index in [-0.39, 0.29) is 11.5 Å². The topological polar surface area (TPSA) is 96.2 Å². The van der Waals surface area contributed by atoms with Gasteiger partial charge in [-0.1, -0.05) is 0 Å². The van der Waals surface area contributed by atoms with Crippen molar-refractivity contribution in [2.45, 2.75) is 56.8 Å². The highest BCUT2D eigenvalue weighted by atomic mass is 16.5. The van der Waals surface area contributed by atoms with Gasteiger partial charge < -0.3 is 24.8 Å². The van der Waals surface area contributed by atoms with Gasteiger partial charge in [0.1, 0.15) is 22.7 Å². The van der Waals surface area contributed by atoms with E-state index in [4.69, 9.17) is 9.47 Å². The van der Waals surface area contributed by atoms with Crippen LogP contribution in [0.2, 0.25) is 0 Å². The molecule has 1 heterocycles. The van der Waals surface area contributed by atoms with Gasteiger partial charge in [0.05, 0.1) is 18.8 Å². The molecule has 2 aliphatic rings. The Morgan fingerprint density at radius 3 is 2.67 bits per heavy atom. The molecule has 24 heavy (non-hydrogen) atoms. The number of carboxylic acid groups (broad SMARTS) is 1. The second-order valence-corrected chi connectivity index (χ2v) is 7.36. The summed E-state index contributed by atoms with van der Waals surface area (Å²) >= 11 is 0. The van der Waals surface area contributed by atoms with Crippen LogP contribution in [0.3, 0.4) is 0 Å². The summed E-state index contributed by atoms with van der Waals surface area (Å²) in [6, 6.07) is 3.14. The molecule has 0 saturated heterocycles. The summed E-state index contributed by atoms with van der Waals surface area (Å²) in [4.78, 5) is 11.5. The summed E-state index contributed by atoms with van der Waals surface area (Å²) < 4.78 is 11.5. The minimum absolute atomic E-state index is 0.0199. The van der Waals surface area contributed by atoms with Gasteiger partial charge in [-0.05, 0) is 45.2 Å². The molecular weight excluding hydrogens is 312 g/mol. The maximum Gasteiger partial charge on any atom is 0.339 e. The van der Waals surface area contributed by atoms with E-state index in [9.17, 15) is 20.1 Å². The number of hydrogen-bond acceptors (Lipinski definition) is 5. The van der Waals surface area contributed by atoms with Crippen molar-refractivity contribution in [3.63, 3.8) is 0 Å². The third-order valence-corrected chi connectivity index (χ3v) is 5.62. The molecule has 1 aliphatic heterocycles. The number of aliphatic hydroxyl groups excluding tert-OH is 1. The highest BCUT2D eigenvalue weighted by Gasteiger charge is 2.49. The second-order valence-electron chi connectivity index (χ2n) is 7.36. The zero-order valence-electron chi connectivity index (χ0n) is 14.2. The molecule has 1 fully saturated rings. The molecule has 6 heteroatoms. The Morgan fingerprint density at radius 2 is 2.08 bits per heavy atom. The zero-order chi connectivity index (χ0) is 17.7. The first-order valence-electron chi connectivity index (χ1n) is 8.20. The largest absolute Gasteiger partial charge is 0.496 e. The number of aliphatic hydroxyl groups is 2. The minimum Gasteiger partial charge on any atom is -0.496 e. The molecule has 0 aromatic heterocycles. The summed E-state index contributed by atoms with van der Waals surface area (Å²) in [6.45, 7) is 3.58. The predicted octanol–water partition coefficient (Wildman–Crippen LogP) is 2.00. The molecule has 1 aliphatic carbocycles. The Kier molecular flexibility index (Phi) is 4.00. The van der Waals surface area contributed by atoms with Crippen LogP contribution in [0, 0.1) is 5.92 Å². The van der Waals surface area contributed by atoms with Gasteiger partial charge in [0.15, 0.2) is 0 Å². The minimum atomic E-state index is -1.08. The Morgan fingerprint density at radius 1 is 1.38 bits per heavy atom. The molecule has 1 aromatic carbocycles. The van der Waals surface area contributed by atoms with Gasteiger partial charge in [-0.25, -0.2) is 4.79 Å². The zero-order valence-corrected chi connectivity index (χ0v) is 14.2. The van der Waals surface area contributed by atoms with E-state index in [1.165, 1.54) is 6.07 Å². The average molecular weight is 336 g/mol. The molecule has 6 nitrogen and oxygen atoms in total. The average Bonchev–Trinajstić information content (AvgIpc) is 2.87. The lowest BCUT2D eigenvalue weighted by Crippen LogP contribution is -2.51. The predicted molar refractivity (Wildman–Crippen MR) is 86.7 cm³/mol. The molecule has 4 atom stereocenters. The molecule has 1 aromatic rings. The highest BCUT2D eigenvalue weighted by Crippen LogP contribution is 2.49. The molecule has 132 valence electrons. The quantitative estimate of drug-likeness (QED) is 0.781. The number of carbonyl (C=O) groups is 1. The lowest BCUT2D eigenvalue weighted by atomic mass is 9.70. The first kappa shape index (κ1) is 17.0. The number of methoxy groups -OCH3 is 1. The number of hydrogen-bond donors (Lipinski definition) is 3. The fourth-order valence-electron chi connectivity index (χ4n) is 3.93. The molecule has 0 radical (unpaired) electrons. The monoisotopic (exact) mass is 336 g/mol. The normalized spacial score (nSPS) is 35.2. The lowest BCUT2D eigenvalue weighted by molar-refractivity contribution is -0.121. The molecule has 0 amide bonds. The Bertz CT molecular complexity index is 668. The van der Waals surface area contributed by atoms with Crippen LogP contribution < -0.4 is 9.47 Å². The van der Waals surface area contributed by atoms with Crippen LogP contribution in [0.1, 0.15) is 49.0 Å². The molecule has 3 N–H and O–H groups in total. The molecule has 3 rings (SSSR count). The summed E-state index contributed by atoms with van der Waals surface area (Å²) in [5.74, 6) is -0.0468. The van der Waals surface area contributed by atoms with Crippen molar-refractivity contribution in [2.24, 2.45) is 5.92 Å². The SMILES string of the molecule is COc1ccc(C(=O)O)c2c1CC(C)(C1CC[C@](C)(O)C(O)C1)O2. The van der Waals surface area contributed by atoms with Gasteiger partial charge in [0.25, 0.3) is 0 Å². The molecular formula is C18H24O6. The third-order valence-electron chi connectivity index (χ3n) is 5.62. The fourth-order valence-corrected chi connectivity index (χ4v) is 3.93. The fraction of sp³-hybridized carbons (Fsp3) is 0.611. The van der Waals surface area contributed by atoms with E-state index in [1.54, 1.807) is 20.1 Å². The molecule has 1 saturated carbocycles. The summed E-state index contributed by atoms with van der Waals surface area (Å²) in [7, 11) is 1.55. The maximum absolute atomic E-state index is 11.5. The van der Waals surface area contributed by atoms with Crippen LogP contribution >= 0.6 is 0 Å². The molecule has 0 bridgehead atoms. The standard InChI is InChI=1S/C18H24O6/c1-17(22)7-6-10(8-14(17)19)18(2)9-12-13(23-3)5-4-11(16(20)21)15(12)24-18/h4-5,10,14,19,22H,6-9H2,1-3H3,(H,20,21)/t10?,14?,17-,18?/m0/s1. The van der Waals surface area contributed by atoms with Crippen molar-refractivity contribution >= 4 is 5.97 Å². The van der Waals surface area contributed by atoms with E-state index in [0.717, 1.165) is 5.56 Å². The van der Waals surface area contributed by atoms with Gasteiger partial charge >= 0.3 is 5.97 Å². The van der Waals surface area contributed by atoms with Crippen LogP contribution in [0.25, 0.3) is 0 Å². The summed E-state index contributed by atoms with van der Waals surface area (Å²) in [6.07, 6.45) is 1.31. The Labute approximate surface area is 141 Å². The Hall–Kier alpha value is -1.79. The molecule has 3 unspecified atom stereocenters. The number of carboxylic acids is 1. The van der Waals surface area contributed by atoms with Crippen LogP contribution in [0.5, 0.6) is 11.5 Å². The second kappa shape index (κ2) is 5.63. The van der Waals surface area contributed by atoms with Crippen LogP contribution in [0.15, 0.2) is 12.1 Å². The Balaban J connectivity index is 1.92. The summed E-state index contributed by atoms with van der Waals surface area (Å²) in [5.41, 5.74) is -0.828. The number of fused-ring (bicyclic) bond motifs is 1. The number of rotatable bonds is 3. The number of benzene rings is 1. The third kappa shape index (κ3) is 2.63. The number of aromatic carboxylic acids is 1. The van der Waals surface area contributed by atoms with Gasteiger partial charge in [0.2, 0.25) is 0 Å². The van der Waals surface area contributed by atoms with Crippen molar-refractivity contribution < 1.29 is 29.6 Å². The first-order valence-corrected chi connectivity index (χ1v) is 8.20. The smallest absolute Gasteiger partial charge is 0.339 e. The maximum atomic E-state index is 11.5. The van der Waals surface area contributed by atoms with E-state index >= 15 is 0 Å². The van der Waals surface area contributed by atoms with Crippen molar-refractivity contribution in [3.05, 3.63) is 23.3 Å². The van der Waals surface area contributed by atoms with Crippen molar-refractivity contribution in [1.29, 1.82) is 0 Å². The van der Waals surface area contributed by atoms with Gasteiger partial charge in [-0.2, -0.15) is 0 Å². The number of ether oxygens (including phenoxy) is 2. The highest BCUT2D eigenvalue weighted by molar-refractivity contribution is 5.92.